The molecule has 0 unspecified atom stereocenters. The third-order valence-corrected chi connectivity index (χ3v) is 13.8. The van der Waals surface area contributed by atoms with Crippen LogP contribution in [0.5, 0.6) is 23.1 Å². The average molecular weight is 959 g/mol. The minimum absolute atomic E-state index is 0.141. The van der Waals surface area contributed by atoms with E-state index in [-0.39, 0.29) is 52.0 Å². The van der Waals surface area contributed by atoms with E-state index in [4.69, 9.17) is 28.2 Å². The maximum atomic E-state index is 9.15. The number of imidazole rings is 1. The zero-order valence-electron chi connectivity index (χ0n) is 51.7. The first-order valence-electron chi connectivity index (χ1n) is 29.7. The molecule has 11 aromatic rings. The van der Waals surface area contributed by atoms with Crippen LogP contribution in [0, 0.1) is 6.33 Å². The van der Waals surface area contributed by atoms with Crippen LogP contribution in [-0.2, 0) is 5.41 Å². The third-order valence-electron chi connectivity index (χ3n) is 13.8. The molecule has 0 N–H and O–H groups in total. The highest BCUT2D eigenvalue weighted by Gasteiger charge is 2.40. The molecule has 6 nitrogen and oxygen atoms in total. The Morgan fingerprint density at radius 3 is 1.99 bits per heavy atom. The molecule has 356 valence electrons. The lowest BCUT2D eigenvalue weighted by Crippen LogP contribution is -2.54. The Labute approximate surface area is 443 Å². The number of hydrogen-bond acceptors (Lipinski definition) is 3. The molecule has 3 aromatic heterocycles. The molecular formula is C66H57BN4O2. The van der Waals surface area contributed by atoms with Crippen molar-refractivity contribution in [3.05, 3.63) is 229 Å². The maximum absolute atomic E-state index is 9.15. The molecule has 1 aliphatic heterocycles. The van der Waals surface area contributed by atoms with Gasteiger partial charge in [-0.25, -0.2) is 0 Å². The lowest BCUT2D eigenvalue weighted by molar-refractivity contribution is -0.571. The summed E-state index contributed by atoms with van der Waals surface area (Å²) in [5, 5.41) is 1.03. The lowest BCUT2D eigenvalue weighted by atomic mass is 9.46. The minimum atomic E-state index is -0.574. The van der Waals surface area contributed by atoms with Crippen LogP contribution in [0.3, 0.4) is 0 Å². The number of ether oxygens (including phenoxy) is 2. The first kappa shape index (κ1) is 35.6. The molecule has 0 atom stereocenters. The summed E-state index contributed by atoms with van der Waals surface area (Å²) in [5.74, 6) is 2.51. The molecular weight excluding hydrogens is 892 g/mol. The van der Waals surface area contributed by atoms with Crippen LogP contribution in [0.4, 0.5) is 0 Å². The Morgan fingerprint density at radius 1 is 0.658 bits per heavy atom. The van der Waals surface area contributed by atoms with Crippen molar-refractivity contribution < 1.29 is 27.7 Å². The second-order valence-corrected chi connectivity index (χ2v) is 20.2. The zero-order valence-corrected chi connectivity index (χ0v) is 41.7. The van der Waals surface area contributed by atoms with E-state index >= 15 is 0 Å². The molecule has 0 aliphatic carbocycles. The van der Waals surface area contributed by atoms with E-state index in [0.717, 1.165) is 33.2 Å². The van der Waals surface area contributed by atoms with E-state index in [1.165, 1.54) is 16.6 Å². The number of benzene rings is 8. The van der Waals surface area contributed by atoms with Crippen LogP contribution in [0.1, 0.15) is 90.7 Å². The van der Waals surface area contributed by atoms with Crippen molar-refractivity contribution in [3.63, 3.8) is 0 Å². The van der Waals surface area contributed by atoms with Crippen molar-refractivity contribution >= 4 is 39.7 Å². The molecule has 8 aromatic carbocycles. The fourth-order valence-corrected chi connectivity index (χ4v) is 10.4. The summed E-state index contributed by atoms with van der Waals surface area (Å²) in [6.07, 6.45) is 5.36. The highest BCUT2D eigenvalue weighted by molar-refractivity contribution is 6.86. The first-order chi connectivity index (χ1) is 39.6. The van der Waals surface area contributed by atoms with Crippen molar-refractivity contribution in [1.82, 2.24) is 14.0 Å². The number of fused-ring (bicyclic) bond motifs is 5. The highest BCUT2D eigenvalue weighted by Crippen LogP contribution is 2.44. The molecule has 0 saturated heterocycles. The summed E-state index contributed by atoms with van der Waals surface area (Å²) < 4.78 is 108. The maximum Gasteiger partial charge on any atom is 0.335 e. The number of nitrogens with zero attached hydrogens (tertiary/aromatic N) is 4. The van der Waals surface area contributed by atoms with Gasteiger partial charge in [0.25, 0.3) is 6.33 Å². The van der Waals surface area contributed by atoms with E-state index < -0.39 is 60.4 Å². The van der Waals surface area contributed by atoms with Crippen LogP contribution in [0.25, 0.3) is 66.8 Å². The molecule has 4 heterocycles. The van der Waals surface area contributed by atoms with Crippen molar-refractivity contribution in [2.75, 3.05) is 0 Å². The van der Waals surface area contributed by atoms with Gasteiger partial charge in [0.05, 0.1) is 41.8 Å². The van der Waals surface area contributed by atoms with Gasteiger partial charge >= 0.3 is 6.85 Å². The zero-order chi connectivity index (χ0) is 58.7. The van der Waals surface area contributed by atoms with Gasteiger partial charge in [-0.2, -0.15) is 0 Å². The molecule has 12 rings (SSSR count). The normalized spacial score (nSPS) is 14.3. The van der Waals surface area contributed by atoms with Crippen molar-refractivity contribution in [2.24, 2.45) is 0 Å². The Hall–Kier alpha value is -8.42. The van der Waals surface area contributed by atoms with Gasteiger partial charge < -0.3 is 14.0 Å². The van der Waals surface area contributed by atoms with Gasteiger partial charge in [0.15, 0.2) is 17.4 Å². The molecule has 73 heavy (non-hydrogen) atoms. The predicted octanol–water partition coefficient (Wildman–Crippen LogP) is 15.2. The van der Waals surface area contributed by atoms with E-state index in [1.54, 1.807) is 22.8 Å². The topological polar surface area (TPSA) is 45.1 Å². The summed E-state index contributed by atoms with van der Waals surface area (Å²) in [4.78, 5) is 4.99. The second-order valence-electron chi connectivity index (χ2n) is 20.2. The van der Waals surface area contributed by atoms with Crippen LogP contribution in [0.15, 0.2) is 206 Å². The molecule has 0 fully saturated rings. The molecule has 0 bridgehead atoms. The Kier molecular flexibility index (Phi) is 8.95. The number of para-hydroxylation sites is 4. The fraction of sp³-hybridized carbons (Fsp3) is 0.152. The van der Waals surface area contributed by atoms with Gasteiger partial charge in [0.2, 0.25) is 0 Å². The Balaban J connectivity index is 1.08. The average Bonchev–Trinajstić information content (AvgIpc) is 2.63. The van der Waals surface area contributed by atoms with Crippen molar-refractivity contribution in [1.29, 1.82) is 0 Å². The van der Waals surface area contributed by atoms with Crippen LogP contribution >= 0.6 is 0 Å². The number of rotatable bonds is 10. The molecule has 0 spiro atoms. The van der Waals surface area contributed by atoms with Crippen LogP contribution in [0.2, 0.25) is 0 Å². The SMILES string of the molecule is [2H]c1c([2H])c([2H])c(-c2cccc(-c3c([2H])c([2H])c([2H])c([2H])c3[2H])c2-[n+]2[c-]n(-c3cccc(Oc4cc(-c5cc(C(C)(C)C)ccn5)cc5c4Oc4cc6ccccc6n4B5c4c(C(C)C)cccc4C(C)C)c3)c3ccccc32)c([2H])c1[2H]. The monoisotopic (exact) mass is 959 g/mol. The number of hydrogen-bond donors (Lipinski definition) is 0. The smallest absolute Gasteiger partial charge is 0.335 e. The molecule has 1 aliphatic rings. The second kappa shape index (κ2) is 18.3. The highest BCUT2D eigenvalue weighted by atomic mass is 16.5. The van der Waals surface area contributed by atoms with Crippen LogP contribution in [-0.4, -0.2) is 20.9 Å². The molecule has 0 saturated carbocycles. The molecule has 7 heteroatoms. The summed E-state index contributed by atoms with van der Waals surface area (Å²) in [7, 11) is 0. The van der Waals surface area contributed by atoms with Crippen LogP contribution < -0.4 is 25.0 Å². The van der Waals surface area contributed by atoms with E-state index in [9.17, 15) is 0 Å². The quantitative estimate of drug-likeness (QED) is 0.0779. The van der Waals surface area contributed by atoms with E-state index in [1.807, 2.05) is 71.4 Å². The summed E-state index contributed by atoms with van der Waals surface area (Å²) in [6, 6.07) is 39.9. The van der Waals surface area contributed by atoms with Crippen molar-refractivity contribution in [2.45, 2.75) is 65.7 Å². The summed E-state index contributed by atoms with van der Waals surface area (Å²) in [6.45, 7) is 15.2. The largest absolute Gasteiger partial charge is 0.454 e. The fourth-order valence-electron chi connectivity index (χ4n) is 10.4. The van der Waals surface area contributed by atoms with Gasteiger partial charge in [-0.3, -0.25) is 14.1 Å². The van der Waals surface area contributed by atoms with Gasteiger partial charge in [0, 0.05) is 28.7 Å². The van der Waals surface area contributed by atoms with Crippen molar-refractivity contribution in [3.8, 4) is 68.0 Å². The summed E-state index contributed by atoms with van der Waals surface area (Å²) in [5.41, 5.74) is 10.1. The molecule has 0 radical (unpaired) electrons. The number of aromatic nitrogens is 4. The van der Waals surface area contributed by atoms with Gasteiger partial charge in [0.1, 0.15) is 5.75 Å². The third kappa shape index (κ3) is 8.19. The lowest BCUT2D eigenvalue weighted by Gasteiger charge is -2.33. The van der Waals surface area contributed by atoms with E-state index in [2.05, 4.69) is 120 Å². The summed E-state index contributed by atoms with van der Waals surface area (Å²) >= 11 is 0. The molecule has 0 amide bonds. The first-order valence-corrected chi connectivity index (χ1v) is 24.7. The van der Waals surface area contributed by atoms with Gasteiger partial charge in [-0.1, -0.05) is 200 Å². The standard InChI is InChI=1S/C66H57BN4O2/c1-43(2)52-28-19-29-53(44(3)4)63(52)67-56-37-48(57-40-49(35-36-68-57)66(5,6)7)38-61(65(56)73-62-39-47-25-14-15-32-58(47)71(62)67)72-51-27-18-26-50(41-51)69-42-70(60-34-17-16-33-59(60)69)64-54(45-21-10-8-11-22-45)30-20-31-55(64)46-23-12-9-13-24-46/h8-41,43-44H,1-7H3/i8D,9D,10D,11D,12D,13D,21D,22D,23D,24D. The van der Waals surface area contributed by atoms with Gasteiger partial charge in [-0.15, -0.1) is 0 Å². The number of pyridine rings is 1. The van der Waals surface area contributed by atoms with Gasteiger partial charge in [-0.05, 0) is 110 Å². The van der Waals surface area contributed by atoms with E-state index in [0.29, 0.717) is 39.8 Å². The Bertz CT molecular complexity index is 4320. The minimum Gasteiger partial charge on any atom is -0.454 e. The predicted molar refractivity (Wildman–Crippen MR) is 300 cm³/mol. The Morgan fingerprint density at radius 2 is 1.30 bits per heavy atom.